The maximum Gasteiger partial charge on any atom is 0.338 e. The van der Waals surface area contributed by atoms with E-state index < -0.39 is 51.9 Å². The Morgan fingerprint density at radius 2 is 1.40 bits per heavy atom. The van der Waals surface area contributed by atoms with Crippen molar-refractivity contribution in [2.45, 2.75) is 23.3 Å². The van der Waals surface area contributed by atoms with Gasteiger partial charge in [0.15, 0.2) is 18.4 Å². The Morgan fingerprint density at radius 1 is 0.884 bits per heavy atom. The summed E-state index contributed by atoms with van der Waals surface area (Å²) < 4.78 is 71.8. The molecule has 0 spiro atoms. The molecule has 3 aromatic carbocycles. The van der Waals surface area contributed by atoms with Crippen molar-refractivity contribution in [2.24, 2.45) is 3.21 Å². The molecule has 0 amide bonds. The lowest BCUT2D eigenvalue weighted by Crippen LogP contribution is -2.45. The minimum absolute atomic E-state index is 0.0197. The molecule has 10 nitrogen and oxygen atoms in total. The van der Waals surface area contributed by atoms with Crippen LogP contribution in [-0.2, 0) is 23.8 Å². The van der Waals surface area contributed by atoms with Crippen molar-refractivity contribution in [3.05, 3.63) is 86.9 Å². The number of ether oxygens (including phenoxy) is 4. The minimum atomic E-state index is -4.86. The van der Waals surface area contributed by atoms with Crippen LogP contribution >= 0.6 is 57.7 Å². The second-order valence-corrected chi connectivity index (χ2v) is 11.7. The number of hydrogen-bond donors (Lipinski definition) is 0. The van der Waals surface area contributed by atoms with Crippen LogP contribution in [0.25, 0.3) is 0 Å². The van der Waals surface area contributed by atoms with Crippen molar-refractivity contribution in [2.75, 3.05) is 20.8 Å². The van der Waals surface area contributed by atoms with E-state index in [4.69, 9.17) is 57.9 Å². The number of nitrogens with zero attached hydrogens (tertiary/aromatic N) is 1. The van der Waals surface area contributed by atoms with Crippen LogP contribution in [-0.4, -0.2) is 65.8 Å². The van der Waals surface area contributed by atoms with Crippen LogP contribution in [0.3, 0.4) is 0 Å². The van der Waals surface area contributed by atoms with Crippen molar-refractivity contribution < 1.29 is 45.5 Å². The van der Waals surface area contributed by atoms with Crippen LogP contribution in [0.2, 0.25) is 15.1 Å². The molecule has 0 saturated heterocycles. The Morgan fingerprint density at radius 3 is 1.91 bits per heavy atom. The van der Waals surface area contributed by atoms with Crippen molar-refractivity contribution in [3.63, 3.8) is 0 Å². The molecule has 0 aliphatic heterocycles. The first-order chi connectivity index (χ1) is 20.4. The molecule has 3 aromatic rings. The van der Waals surface area contributed by atoms with Gasteiger partial charge in [0.2, 0.25) is 0 Å². The van der Waals surface area contributed by atoms with Gasteiger partial charge in [0, 0.05) is 6.21 Å². The molecule has 230 valence electrons. The van der Waals surface area contributed by atoms with Crippen LogP contribution < -0.4 is 9.47 Å². The first-order valence-electron chi connectivity index (χ1n) is 11.9. The van der Waals surface area contributed by atoms with Gasteiger partial charge < -0.3 is 18.9 Å². The summed E-state index contributed by atoms with van der Waals surface area (Å²) in [5.41, 5.74) is 0.0427. The molecule has 0 N–H and O–H groups in total. The standard InChI is InChI=1S/C27H22Cl3FINO9S/c1-38-17-7-3-15(4-8-17)26(34)40-14-23(42-43(36,37)24-12-20(29)19(28)11-21(24)30)25(22(31)13-33-32)41-27(35)16-5-9-18(39-2)10-6-16/h3-13,22-23,25H,14H2,1-2H3/b33-13+/t22-,23+,25+/m0/s1. The lowest BCUT2D eigenvalue weighted by atomic mass is 10.1. The predicted octanol–water partition coefficient (Wildman–Crippen LogP) is 6.58. The fourth-order valence-corrected chi connectivity index (χ4v) is 5.82. The SMILES string of the molecule is COc1ccc(C(=O)OC[C@@H](OS(=O)(=O)c2cc(Cl)c(Cl)cc2Cl)[C@H](OC(=O)c2ccc(OC)cc2)[C@@H](F)/C=N/I)cc1. The van der Waals surface area contributed by atoms with Crippen LogP contribution in [0.4, 0.5) is 4.39 Å². The topological polar surface area (TPSA) is 127 Å². The van der Waals surface area contributed by atoms with Crippen LogP contribution in [0.15, 0.2) is 68.8 Å². The Kier molecular flexibility index (Phi) is 12.8. The van der Waals surface area contributed by atoms with Crippen molar-refractivity contribution >= 4 is 85.9 Å². The van der Waals surface area contributed by atoms with Gasteiger partial charge in [0.1, 0.15) is 23.0 Å². The third-order valence-electron chi connectivity index (χ3n) is 5.65. The largest absolute Gasteiger partial charge is 0.497 e. The van der Waals surface area contributed by atoms with Gasteiger partial charge in [-0.3, -0.25) is 4.18 Å². The maximum atomic E-state index is 15.5. The van der Waals surface area contributed by atoms with Crippen molar-refractivity contribution in [1.82, 2.24) is 0 Å². The zero-order valence-corrected chi connectivity index (χ0v) is 27.5. The number of carbonyl (C=O) groups is 2. The molecule has 0 saturated carbocycles. The van der Waals surface area contributed by atoms with E-state index >= 15 is 4.39 Å². The average Bonchev–Trinajstić information content (AvgIpc) is 2.99. The number of methoxy groups -OCH3 is 2. The van der Waals surface area contributed by atoms with Crippen LogP contribution in [0, 0.1) is 0 Å². The zero-order valence-electron chi connectivity index (χ0n) is 22.2. The molecule has 43 heavy (non-hydrogen) atoms. The Hall–Kier alpha value is -2.69. The summed E-state index contributed by atoms with van der Waals surface area (Å²) in [5.74, 6) is -1.06. The summed E-state index contributed by atoms with van der Waals surface area (Å²) in [5, 5.41) is -0.566. The lowest BCUT2D eigenvalue weighted by Gasteiger charge is -2.27. The Balaban J connectivity index is 1.99. The van der Waals surface area contributed by atoms with E-state index in [1.807, 2.05) is 0 Å². The summed E-state index contributed by atoms with van der Waals surface area (Å²) in [6.07, 6.45) is -5.40. The van der Waals surface area contributed by atoms with E-state index in [1.54, 1.807) is 0 Å². The summed E-state index contributed by atoms with van der Waals surface area (Å²) in [6, 6.07) is 13.4. The van der Waals surface area contributed by atoms with E-state index in [-0.39, 0.29) is 26.2 Å². The molecule has 0 aromatic heterocycles. The highest BCUT2D eigenvalue weighted by Crippen LogP contribution is 2.33. The maximum absolute atomic E-state index is 15.5. The van der Waals surface area contributed by atoms with E-state index in [0.717, 1.165) is 18.3 Å². The molecular formula is C27H22Cl3FINO9S. The molecule has 0 aliphatic rings. The van der Waals surface area contributed by atoms with E-state index in [0.29, 0.717) is 11.5 Å². The molecule has 0 radical (unpaired) electrons. The van der Waals surface area contributed by atoms with Gasteiger partial charge in [0.25, 0.3) is 10.1 Å². The summed E-state index contributed by atoms with van der Waals surface area (Å²) in [7, 11) is -1.99. The Bertz CT molecular complexity index is 1580. The molecule has 0 heterocycles. The van der Waals surface area contributed by atoms with Crippen molar-refractivity contribution in [3.8, 4) is 11.5 Å². The average molecular weight is 789 g/mol. The summed E-state index contributed by atoms with van der Waals surface area (Å²) in [4.78, 5) is 25.2. The third kappa shape index (κ3) is 9.40. The minimum Gasteiger partial charge on any atom is -0.497 e. The van der Waals surface area contributed by atoms with Gasteiger partial charge in [-0.05, 0) is 60.7 Å². The molecule has 3 rings (SSSR count). The van der Waals surface area contributed by atoms with Gasteiger partial charge in [-0.25, -0.2) is 17.2 Å². The molecule has 0 fully saturated rings. The van der Waals surface area contributed by atoms with Gasteiger partial charge in [-0.2, -0.15) is 8.42 Å². The number of alkyl halides is 1. The van der Waals surface area contributed by atoms with Crippen LogP contribution in [0.5, 0.6) is 11.5 Å². The molecule has 0 bridgehead atoms. The van der Waals surface area contributed by atoms with E-state index in [1.165, 1.54) is 85.6 Å². The number of carbonyl (C=O) groups excluding carboxylic acids is 2. The smallest absolute Gasteiger partial charge is 0.338 e. The second-order valence-electron chi connectivity index (χ2n) is 8.40. The number of esters is 2. The molecule has 16 heteroatoms. The summed E-state index contributed by atoms with van der Waals surface area (Å²) in [6.45, 7) is -0.890. The van der Waals surface area contributed by atoms with Crippen LogP contribution in [0.1, 0.15) is 20.7 Å². The molecule has 0 aliphatic carbocycles. The predicted molar refractivity (Wildman–Crippen MR) is 166 cm³/mol. The normalized spacial score (nSPS) is 13.7. The quantitative estimate of drug-likeness (QED) is 0.0621. The fourth-order valence-electron chi connectivity index (χ4n) is 3.46. The van der Waals surface area contributed by atoms with E-state index in [9.17, 15) is 18.0 Å². The first-order valence-corrected chi connectivity index (χ1v) is 15.4. The van der Waals surface area contributed by atoms with E-state index in [2.05, 4.69) is 3.21 Å². The number of rotatable bonds is 13. The van der Waals surface area contributed by atoms with Gasteiger partial charge in [-0.15, -0.1) is 0 Å². The molecule has 0 unspecified atom stereocenters. The van der Waals surface area contributed by atoms with Gasteiger partial charge in [0.05, 0.1) is 63.3 Å². The fraction of sp³-hybridized carbons (Fsp3) is 0.222. The number of hydrogen-bond acceptors (Lipinski definition) is 10. The lowest BCUT2D eigenvalue weighted by molar-refractivity contribution is -0.0474. The summed E-state index contributed by atoms with van der Waals surface area (Å²) >= 11 is 19.5. The monoisotopic (exact) mass is 787 g/mol. The highest BCUT2D eigenvalue weighted by atomic mass is 127. The Labute approximate surface area is 275 Å². The molecule has 3 atom stereocenters. The first kappa shape index (κ1) is 34.8. The van der Waals surface area contributed by atoms with Gasteiger partial charge in [-0.1, -0.05) is 34.8 Å². The second kappa shape index (κ2) is 15.9. The highest BCUT2D eigenvalue weighted by molar-refractivity contribution is 14.1. The van der Waals surface area contributed by atoms with Crippen molar-refractivity contribution in [1.29, 1.82) is 0 Å². The number of halogens is 5. The highest BCUT2D eigenvalue weighted by Gasteiger charge is 2.39. The van der Waals surface area contributed by atoms with Gasteiger partial charge >= 0.3 is 11.9 Å². The zero-order chi connectivity index (χ0) is 31.7. The molecular weight excluding hydrogens is 767 g/mol. The third-order valence-corrected chi connectivity index (χ3v) is 8.49. The number of benzene rings is 3.